The number of thiazole rings is 1. The molecular weight excluding hydrogens is 270 g/mol. The first kappa shape index (κ1) is 15.4. The Morgan fingerprint density at radius 3 is 2.61 bits per heavy atom. The number of carbonyl (C=O) groups excluding carboxylic acids is 1. The topological polar surface area (TPSA) is 68.0 Å². The van der Waals surface area contributed by atoms with E-state index in [0.29, 0.717) is 5.13 Å². The summed E-state index contributed by atoms with van der Waals surface area (Å²) in [7, 11) is 0. The van der Waals surface area contributed by atoms with Gasteiger partial charge in [0.25, 0.3) is 0 Å². The van der Waals surface area contributed by atoms with Crippen LogP contribution in [0.3, 0.4) is 0 Å². The molecule has 3 N–H and O–H groups in total. The fourth-order valence-corrected chi connectivity index (χ4v) is 3.16. The van der Waals surface area contributed by atoms with E-state index in [-0.39, 0.29) is 18.3 Å². The van der Waals surface area contributed by atoms with E-state index in [1.807, 2.05) is 6.92 Å². The Morgan fingerprint density at radius 2 is 2.11 bits per heavy atom. The number of anilines is 1. The number of carbonyl (C=O) groups is 1. The highest BCUT2D eigenvalue weighted by atomic mass is 35.5. The minimum absolute atomic E-state index is 0. The van der Waals surface area contributed by atoms with Gasteiger partial charge in [0.15, 0.2) is 5.13 Å². The number of nitrogens with zero attached hydrogens (tertiary/aromatic N) is 1. The second-order valence-corrected chi connectivity index (χ2v) is 5.90. The average molecular weight is 290 g/mol. The van der Waals surface area contributed by atoms with Gasteiger partial charge in [-0.15, -0.1) is 23.7 Å². The molecule has 1 aliphatic rings. The zero-order valence-corrected chi connectivity index (χ0v) is 12.4. The smallest absolute Gasteiger partial charge is 0.246 e. The van der Waals surface area contributed by atoms with Crippen LogP contribution >= 0.6 is 23.7 Å². The molecule has 0 spiro atoms. The van der Waals surface area contributed by atoms with Crippen LogP contribution in [0.4, 0.5) is 5.13 Å². The summed E-state index contributed by atoms with van der Waals surface area (Å²) in [6, 6.07) is 0. The van der Waals surface area contributed by atoms with Gasteiger partial charge in [0, 0.05) is 4.88 Å². The lowest BCUT2D eigenvalue weighted by molar-refractivity contribution is -0.121. The Balaban J connectivity index is 0.00000162. The van der Waals surface area contributed by atoms with Crippen LogP contribution < -0.4 is 11.1 Å². The number of hydrogen-bond donors (Lipinski definition) is 2. The van der Waals surface area contributed by atoms with Crippen molar-refractivity contribution in [1.29, 1.82) is 0 Å². The first-order valence-corrected chi connectivity index (χ1v) is 6.93. The van der Waals surface area contributed by atoms with Gasteiger partial charge >= 0.3 is 0 Å². The molecule has 0 unspecified atom stereocenters. The van der Waals surface area contributed by atoms with Crippen molar-refractivity contribution >= 4 is 34.8 Å². The van der Waals surface area contributed by atoms with Crippen LogP contribution in [0, 0.1) is 6.92 Å². The first-order chi connectivity index (χ1) is 8.05. The maximum absolute atomic E-state index is 12.1. The van der Waals surface area contributed by atoms with Gasteiger partial charge in [-0.25, -0.2) is 4.98 Å². The number of amides is 1. The summed E-state index contributed by atoms with van der Waals surface area (Å²) in [5.74, 6) is -0.0774. The minimum Gasteiger partial charge on any atom is -0.317 e. The van der Waals surface area contributed by atoms with Crippen LogP contribution in [0.2, 0.25) is 0 Å². The third-order valence-electron chi connectivity index (χ3n) is 3.40. The molecule has 1 aromatic rings. The Labute approximate surface area is 118 Å². The van der Waals surface area contributed by atoms with Gasteiger partial charge in [-0.3, -0.25) is 4.79 Å². The highest BCUT2D eigenvalue weighted by molar-refractivity contribution is 7.15. The van der Waals surface area contributed by atoms with E-state index in [4.69, 9.17) is 5.73 Å². The fourth-order valence-electron chi connectivity index (χ4n) is 2.26. The quantitative estimate of drug-likeness (QED) is 0.899. The molecule has 4 nitrogen and oxygen atoms in total. The maximum atomic E-state index is 12.1. The van der Waals surface area contributed by atoms with E-state index < -0.39 is 5.54 Å². The maximum Gasteiger partial charge on any atom is 0.246 e. The highest BCUT2D eigenvalue weighted by Gasteiger charge is 2.37. The number of nitrogens with two attached hydrogens (primary N) is 1. The number of nitrogens with one attached hydrogen (secondary N) is 1. The Morgan fingerprint density at radius 1 is 1.50 bits per heavy atom. The number of hydrogen-bond acceptors (Lipinski definition) is 4. The monoisotopic (exact) mass is 289 g/mol. The van der Waals surface area contributed by atoms with Crippen molar-refractivity contribution < 1.29 is 4.79 Å². The largest absolute Gasteiger partial charge is 0.317 e. The van der Waals surface area contributed by atoms with Crippen molar-refractivity contribution in [3.8, 4) is 0 Å². The van der Waals surface area contributed by atoms with Crippen molar-refractivity contribution in [1.82, 2.24) is 4.98 Å². The fraction of sp³-hybridized carbons (Fsp3) is 0.667. The Bertz CT molecular complexity index is 427. The lowest BCUT2D eigenvalue weighted by Gasteiger charge is -2.21. The van der Waals surface area contributed by atoms with E-state index in [1.165, 1.54) is 16.2 Å². The van der Waals surface area contributed by atoms with Gasteiger partial charge in [-0.1, -0.05) is 19.8 Å². The molecule has 0 aliphatic heterocycles. The number of aryl methyl sites for hydroxylation is 2. The second-order valence-electron chi connectivity index (χ2n) is 4.69. The summed E-state index contributed by atoms with van der Waals surface area (Å²) in [5.41, 5.74) is 6.48. The normalized spacial score (nSPS) is 17.3. The van der Waals surface area contributed by atoms with E-state index in [0.717, 1.165) is 37.8 Å². The molecule has 1 heterocycles. The first-order valence-electron chi connectivity index (χ1n) is 6.12. The van der Waals surface area contributed by atoms with Gasteiger partial charge in [-0.2, -0.15) is 0 Å². The van der Waals surface area contributed by atoms with Gasteiger partial charge in [-0.05, 0) is 26.2 Å². The van der Waals surface area contributed by atoms with E-state index in [1.54, 1.807) is 0 Å². The molecule has 0 aromatic carbocycles. The average Bonchev–Trinajstić information content (AvgIpc) is 2.86. The predicted molar refractivity (Wildman–Crippen MR) is 77.5 cm³/mol. The Hall–Kier alpha value is -0.650. The van der Waals surface area contributed by atoms with E-state index in [2.05, 4.69) is 17.2 Å². The molecule has 0 atom stereocenters. The summed E-state index contributed by atoms with van der Waals surface area (Å²) in [4.78, 5) is 17.6. The Kier molecular flexibility index (Phi) is 5.13. The number of aromatic nitrogens is 1. The zero-order chi connectivity index (χ0) is 12.5. The number of rotatable bonds is 3. The number of halogens is 1. The summed E-state index contributed by atoms with van der Waals surface area (Å²) in [6.45, 7) is 4.09. The van der Waals surface area contributed by atoms with E-state index >= 15 is 0 Å². The molecule has 0 bridgehead atoms. The molecule has 102 valence electrons. The summed E-state index contributed by atoms with van der Waals surface area (Å²) < 4.78 is 0. The molecule has 6 heteroatoms. The van der Waals surface area contributed by atoms with Crippen LogP contribution in [0.15, 0.2) is 0 Å². The zero-order valence-electron chi connectivity index (χ0n) is 10.8. The molecule has 1 fully saturated rings. The van der Waals surface area contributed by atoms with Crippen molar-refractivity contribution in [2.24, 2.45) is 5.73 Å². The van der Waals surface area contributed by atoms with Crippen LogP contribution in [-0.2, 0) is 11.2 Å². The lowest BCUT2D eigenvalue weighted by atomic mass is 9.98. The third-order valence-corrected chi connectivity index (χ3v) is 4.32. The van der Waals surface area contributed by atoms with Crippen molar-refractivity contribution in [3.63, 3.8) is 0 Å². The van der Waals surface area contributed by atoms with Gasteiger partial charge < -0.3 is 11.1 Å². The predicted octanol–water partition coefficient (Wildman–Crippen LogP) is 2.65. The molecule has 1 aliphatic carbocycles. The van der Waals surface area contributed by atoms with Gasteiger partial charge in [0.1, 0.15) is 0 Å². The van der Waals surface area contributed by atoms with Crippen molar-refractivity contribution in [3.05, 3.63) is 10.6 Å². The van der Waals surface area contributed by atoms with Gasteiger partial charge in [0.05, 0.1) is 11.2 Å². The standard InChI is InChI=1S/C12H19N3OS.ClH/c1-3-9-8(2)17-11(14-9)15-10(16)12(13)6-4-5-7-12;/h3-7,13H2,1-2H3,(H,14,15,16);1H. The lowest BCUT2D eigenvalue weighted by Crippen LogP contribution is -2.48. The van der Waals surface area contributed by atoms with E-state index in [9.17, 15) is 4.79 Å². The summed E-state index contributed by atoms with van der Waals surface area (Å²) in [5, 5.41) is 3.54. The molecule has 1 aromatic heterocycles. The molecule has 2 rings (SSSR count). The third kappa shape index (κ3) is 3.02. The van der Waals surface area contributed by atoms with Crippen LogP contribution in [0.1, 0.15) is 43.2 Å². The second kappa shape index (κ2) is 5.99. The van der Waals surface area contributed by atoms with Crippen LogP contribution in [-0.4, -0.2) is 16.4 Å². The summed E-state index contributed by atoms with van der Waals surface area (Å²) >= 11 is 1.53. The van der Waals surface area contributed by atoms with Crippen molar-refractivity contribution in [2.45, 2.75) is 51.5 Å². The SMILES string of the molecule is CCc1nc(NC(=O)C2(N)CCCC2)sc1C.Cl. The molecule has 0 saturated heterocycles. The van der Waals surface area contributed by atoms with Gasteiger partial charge in [0.2, 0.25) is 5.91 Å². The minimum atomic E-state index is -0.675. The molecule has 18 heavy (non-hydrogen) atoms. The molecular formula is C12H20ClN3OS. The molecule has 1 saturated carbocycles. The van der Waals surface area contributed by atoms with Crippen LogP contribution in [0.25, 0.3) is 0 Å². The molecule has 0 radical (unpaired) electrons. The molecule has 1 amide bonds. The summed E-state index contributed by atoms with van der Waals surface area (Å²) in [6.07, 6.45) is 4.54. The van der Waals surface area contributed by atoms with Crippen LogP contribution in [0.5, 0.6) is 0 Å². The highest BCUT2D eigenvalue weighted by Crippen LogP contribution is 2.29. The van der Waals surface area contributed by atoms with Crippen molar-refractivity contribution in [2.75, 3.05) is 5.32 Å².